The number of nitrogens with zero attached hydrogens (tertiary/aromatic N) is 4. The summed E-state index contributed by atoms with van der Waals surface area (Å²) in [7, 11) is -4.40. The van der Waals surface area contributed by atoms with Crippen molar-refractivity contribution in [3.8, 4) is 0 Å². The fraction of sp³-hybridized carbons (Fsp3) is 0.167. The van der Waals surface area contributed by atoms with Gasteiger partial charge in [-0.2, -0.15) is 22.6 Å². The quantitative estimate of drug-likeness (QED) is 0.440. The summed E-state index contributed by atoms with van der Waals surface area (Å²) < 4.78 is 66.8. The van der Waals surface area contributed by atoms with E-state index in [-0.39, 0.29) is 10.7 Å². The lowest BCUT2D eigenvalue weighted by molar-refractivity contribution is -0.141. The summed E-state index contributed by atoms with van der Waals surface area (Å²) in [6, 6.07) is 4.39. The lowest BCUT2D eigenvalue weighted by atomic mass is 9.99. The van der Waals surface area contributed by atoms with Gasteiger partial charge < -0.3 is 5.21 Å². The Morgan fingerprint density at radius 2 is 1.90 bits per heavy atom. The number of fused-ring (bicyclic) bond motifs is 7. The van der Waals surface area contributed by atoms with Crippen LogP contribution in [0, 0.1) is 0 Å². The summed E-state index contributed by atoms with van der Waals surface area (Å²) in [6.07, 6.45) is -2.64. The normalized spacial score (nSPS) is 21.9. The van der Waals surface area contributed by atoms with Crippen molar-refractivity contribution in [2.45, 2.75) is 23.2 Å². The average Bonchev–Trinajstić information content (AvgIpc) is 3.31. The lowest BCUT2D eigenvalue weighted by Crippen LogP contribution is -2.41. The molecule has 2 N–H and O–H groups in total. The Morgan fingerprint density at radius 3 is 2.55 bits per heavy atom. The van der Waals surface area contributed by atoms with Gasteiger partial charge in [0.15, 0.2) is 0 Å². The Kier molecular flexibility index (Phi) is 4.20. The van der Waals surface area contributed by atoms with E-state index in [4.69, 9.17) is 11.6 Å². The monoisotopic (exact) mass is 469 g/mol. The Bertz CT molecular complexity index is 1340. The van der Waals surface area contributed by atoms with Crippen molar-refractivity contribution in [2.24, 2.45) is 5.16 Å². The summed E-state index contributed by atoms with van der Waals surface area (Å²) in [5, 5.41) is 19.9. The van der Waals surface area contributed by atoms with E-state index in [0.717, 1.165) is 10.4 Å². The highest BCUT2D eigenvalue weighted by Crippen LogP contribution is 2.55. The minimum atomic E-state index is -4.71. The summed E-state index contributed by atoms with van der Waals surface area (Å²) in [5.74, 6) is 0. The van der Waals surface area contributed by atoms with E-state index in [1.807, 2.05) is 0 Å². The van der Waals surface area contributed by atoms with Gasteiger partial charge in [-0.05, 0) is 23.8 Å². The maximum absolute atomic E-state index is 13.6. The first-order valence-corrected chi connectivity index (χ1v) is 10.6. The van der Waals surface area contributed by atoms with Crippen molar-refractivity contribution in [3.63, 3.8) is 0 Å². The molecule has 0 saturated heterocycles. The molecule has 2 aliphatic heterocycles. The number of rotatable bonds is 2. The predicted octanol–water partition coefficient (Wildman–Crippen LogP) is 3.50. The van der Waals surface area contributed by atoms with Crippen LogP contribution in [0.4, 0.5) is 13.2 Å². The van der Waals surface area contributed by atoms with Crippen LogP contribution in [-0.2, 0) is 16.2 Å². The van der Waals surface area contributed by atoms with Crippen molar-refractivity contribution < 1.29 is 26.8 Å². The van der Waals surface area contributed by atoms with Crippen LogP contribution in [0.2, 0.25) is 5.02 Å². The standard InChI is InChI=1S/C18H11ClF3N5O3S/c19-11-3-1-2-9-13(11)17-15(26-28)14-10(7-24-25-14)16(9)27(17)31(29,30)8-4-5-12(23-6-8)18(20,21)22/h1-7,16-17,28H,(H,24,25)/b26-15-. The van der Waals surface area contributed by atoms with Gasteiger partial charge in [-0.15, -0.1) is 0 Å². The number of aromatic amines is 1. The first kappa shape index (κ1) is 20.0. The van der Waals surface area contributed by atoms with E-state index in [1.54, 1.807) is 18.2 Å². The number of aromatic nitrogens is 3. The van der Waals surface area contributed by atoms with E-state index >= 15 is 0 Å². The maximum atomic E-state index is 13.6. The molecule has 0 spiro atoms. The van der Waals surface area contributed by atoms with Gasteiger partial charge in [0.05, 0.1) is 17.9 Å². The van der Waals surface area contributed by atoms with Crippen molar-refractivity contribution in [3.05, 3.63) is 75.8 Å². The van der Waals surface area contributed by atoms with Crippen molar-refractivity contribution >= 4 is 27.3 Å². The van der Waals surface area contributed by atoms with Crippen LogP contribution in [0.15, 0.2) is 52.8 Å². The van der Waals surface area contributed by atoms with Crippen LogP contribution in [0.3, 0.4) is 0 Å². The van der Waals surface area contributed by atoms with Gasteiger partial charge in [-0.25, -0.2) is 8.42 Å². The summed E-state index contributed by atoms with van der Waals surface area (Å²) in [5.41, 5.74) is 0.515. The maximum Gasteiger partial charge on any atom is 0.433 e. The molecule has 4 heterocycles. The number of nitrogens with one attached hydrogen (secondary N) is 1. The molecular formula is C18H11ClF3N5O3S. The SMILES string of the molecule is O=S(=O)(c1ccc(C(F)(F)F)nc1)N1C2/C(=N\O)c3[nH]ncc3C1c1cccc(Cl)c12. The Morgan fingerprint density at radius 1 is 1.13 bits per heavy atom. The van der Waals surface area contributed by atoms with Crippen molar-refractivity contribution in [2.75, 3.05) is 0 Å². The minimum Gasteiger partial charge on any atom is -0.411 e. The van der Waals surface area contributed by atoms with Crippen LogP contribution in [0.25, 0.3) is 0 Å². The Balaban J connectivity index is 1.73. The van der Waals surface area contributed by atoms with Gasteiger partial charge in [0.2, 0.25) is 10.0 Å². The second-order valence-electron chi connectivity index (χ2n) is 6.95. The molecule has 5 rings (SSSR count). The number of benzene rings is 1. The zero-order chi connectivity index (χ0) is 22.1. The number of pyridine rings is 1. The van der Waals surface area contributed by atoms with E-state index in [9.17, 15) is 26.8 Å². The largest absolute Gasteiger partial charge is 0.433 e. The average molecular weight is 470 g/mol. The molecule has 2 unspecified atom stereocenters. The molecule has 31 heavy (non-hydrogen) atoms. The highest BCUT2D eigenvalue weighted by Gasteiger charge is 2.55. The van der Waals surface area contributed by atoms with Gasteiger partial charge in [0.25, 0.3) is 0 Å². The Labute approximate surface area is 178 Å². The van der Waals surface area contributed by atoms with Crippen molar-refractivity contribution in [1.29, 1.82) is 0 Å². The lowest BCUT2D eigenvalue weighted by Gasteiger charge is -2.33. The smallest absolute Gasteiger partial charge is 0.411 e. The van der Waals surface area contributed by atoms with Gasteiger partial charge >= 0.3 is 6.18 Å². The molecule has 2 aromatic heterocycles. The third kappa shape index (κ3) is 2.71. The van der Waals surface area contributed by atoms with Gasteiger partial charge in [-0.1, -0.05) is 28.9 Å². The molecule has 2 aliphatic rings. The fourth-order valence-corrected chi connectivity index (χ4v) is 6.05. The third-order valence-corrected chi connectivity index (χ3v) is 7.50. The molecule has 2 atom stereocenters. The number of oxime groups is 1. The summed E-state index contributed by atoms with van der Waals surface area (Å²) >= 11 is 6.38. The molecule has 0 amide bonds. The van der Waals surface area contributed by atoms with E-state index in [1.165, 1.54) is 6.20 Å². The number of hydrogen-bond donors (Lipinski definition) is 2. The molecule has 0 fully saturated rings. The van der Waals surface area contributed by atoms with Crippen LogP contribution >= 0.6 is 11.6 Å². The zero-order valence-electron chi connectivity index (χ0n) is 15.2. The second kappa shape index (κ2) is 6.52. The molecule has 0 saturated carbocycles. The van der Waals surface area contributed by atoms with Crippen LogP contribution < -0.4 is 0 Å². The van der Waals surface area contributed by atoms with Crippen LogP contribution in [0.5, 0.6) is 0 Å². The first-order chi connectivity index (χ1) is 14.7. The molecule has 13 heteroatoms. The summed E-state index contributed by atoms with van der Waals surface area (Å²) in [4.78, 5) is 2.83. The zero-order valence-corrected chi connectivity index (χ0v) is 16.7. The number of halogens is 4. The summed E-state index contributed by atoms with van der Waals surface area (Å²) in [6.45, 7) is 0. The second-order valence-corrected chi connectivity index (χ2v) is 9.20. The molecule has 0 aliphatic carbocycles. The topological polar surface area (TPSA) is 112 Å². The van der Waals surface area contributed by atoms with Crippen LogP contribution in [-0.4, -0.2) is 38.8 Å². The first-order valence-electron chi connectivity index (χ1n) is 8.77. The van der Waals surface area contributed by atoms with Crippen LogP contribution in [0.1, 0.15) is 40.2 Å². The van der Waals surface area contributed by atoms with Crippen molar-refractivity contribution in [1.82, 2.24) is 19.5 Å². The molecular weight excluding hydrogens is 459 g/mol. The van der Waals surface area contributed by atoms with E-state index in [2.05, 4.69) is 20.3 Å². The van der Waals surface area contributed by atoms with Gasteiger partial charge in [0.1, 0.15) is 22.3 Å². The fourth-order valence-electron chi connectivity index (χ4n) is 4.11. The number of sulfonamides is 1. The highest BCUT2D eigenvalue weighted by molar-refractivity contribution is 7.89. The Hall–Kier alpha value is -2.96. The molecule has 3 aromatic rings. The molecule has 160 valence electrons. The van der Waals surface area contributed by atoms with Gasteiger partial charge in [0, 0.05) is 22.3 Å². The molecule has 1 aromatic carbocycles. The van der Waals surface area contributed by atoms with E-state index in [0.29, 0.717) is 34.6 Å². The number of alkyl halides is 3. The van der Waals surface area contributed by atoms with E-state index < -0.39 is 38.9 Å². The molecule has 8 nitrogen and oxygen atoms in total. The van der Waals surface area contributed by atoms with Gasteiger partial charge in [-0.3, -0.25) is 10.1 Å². The minimum absolute atomic E-state index is 0.0287. The number of hydrogen-bond acceptors (Lipinski definition) is 6. The highest BCUT2D eigenvalue weighted by atomic mass is 35.5. The third-order valence-electron chi connectivity index (χ3n) is 5.35. The molecule has 2 bridgehead atoms. The predicted molar refractivity (Wildman–Crippen MR) is 101 cm³/mol. The number of H-pyrrole nitrogens is 1. The molecule has 0 radical (unpaired) electrons.